The van der Waals surface area contributed by atoms with Crippen molar-refractivity contribution in [1.29, 1.82) is 0 Å². The molecule has 0 spiro atoms. The molecule has 1 aliphatic rings. The van der Waals surface area contributed by atoms with Gasteiger partial charge in [0.25, 0.3) is 0 Å². The van der Waals surface area contributed by atoms with Crippen molar-refractivity contribution in [3.63, 3.8) is 0 Å². The summed E-state index contributed by atoms with van der Waals surface area (Å²) in [6.07, 6.45) is 0. The van der Waals surface area contributed by atoms with Gasteiger partial charge in [-0.25, -0.2) is 9.34 Å². The fourth-order valence-corrected chi connectivity index (χ4v) is 4.61. The molecule has 17 heavy (non-hydrogen) atoms. The number of halogens is 2. The average Bonchev–Trinajstić information content (AvgIpc) is 2.38. The van der Waals surface area contributed by atoms with E-state index in [4.69, 9.17) is 32.5 Å². The molecular formula is C9H19Cl2N2O3P. The second kappa shape index (κ2) is 7.95. The summed E-state index contributed by atoms with van der Waals surface area (Å²) in [6, 6.07) is 0. The Morgan fingerprint density at radius 1 is 1.29 bits per heavy atom. The predicted molar refractivity (Wildman–Crippen MR) is 70.0 cm³/mol. The molecule has 1 rings (SSSR count). The van der Waals surface area contributed by atoms with E-state index in [0.29, 0.717) is 51.2 Å². The van der Waals surface area contributed by atoms with Crippen LogP contribution in [-0.2, 0) is 13.8 Å². The molecule has 1 atom stereocenters. The summed E-state index contributed by atoms with van der Waals surface area (Å²) in [6.45, 7) is 3.34. The minimum Gasteiger partial charge on any atom is -0.379 e. The van der Waals surface area contributed by atoms with Crippen LogP contribution >= 0.6 is 30.9 Å². The Balaban J connectivity index is 2.78. The highest BCUT2D eigenvalue weighted by Crippen LogP contribution is 2.53. The van der Waals surface area contributed by atoms with Gasteiger partial charge < -0.3 is 9.26 Å². The molecule has 102 valence electrons. The minimum absolute atomic E-state index is 0.397. The van der Waals surface area contributed by atoms with E-state index in [-0.39, 0.29) is 0 Å². The van der Waals surface area contributed by atoms with Gasteiger partial charge in [-0.1, -0.05) is 0 Å². The van der Waals surface area contributed by atoms with E-state index in [9.17, 15) is 4.57 Å². The van der Waals surface area contributed by atoms with Gasteiger partial charge in [0, 0.05) is 45.0 Å². The fraction of sp³-hybridized carbons (Fsp3) is 1.00. The molecule has 0 aromatic heterocycles. The lowest BCUT2D eigenvalue weighted by molar-refractivity contribution is 0.0609. The lowest BCUT2D eigenvalue weighted by atomic mass is 10.5. The molecule has 0 aromatic rings. The summed E-state index contributed by atoms with van der Waals surface area (Å²) in [5.74, 6) is 0.795. The van der Waals surface area contributed by atoms with Crippen LogP contribution in [-0.4, -0.2) is 67.6 Å². The Hall–Kier alpha value is 0.650. The summed E-state index contributed by atoms with van der Waals surface area (Å²) in [5, 5.41) is 0. The predicted octanol–water partition coefficient (Wildman–Crippen LogP) is 1.85. The number of hydrogen-bond acceptors (Lipinski definition) is 3. The first kappa shape index (κ1) is 15.7. The molecule has 0 aliphatic carbocycles. The first-order valence-electron chi connectivity index (χ1n) is 5.55. The Kier molecular flexibility index (Phi) is 7.34. The smallest absolute Gasteiger partial charge is 0.346 e. The molecule has 0 radical (unpaired) electrons. The summed E-state index contributed by atoms with van der Waals surface area (Å²) in [7, 11) is -1.54. The van der Waals surface area contributed by atoms with Crippen molar-refractivity contribution in [1.82, 2.24) is 9.34 Å². The maximum atomic E-state index is 12.9. The van der Waals surface area contributed by atoms with Crippen LogP contribution < -0.4 is 0 Å². The number of morpholine rings is 1. The third-order valence-corrected chi connectivity index (χ3v) is 5.67. The maximum Gasteiger partial charge on any atom is 0.346 e. The van der Waals surface area contributed by atoms with Gasteiger partial charge in [-0.15, -0.1) is 23.2 Å². The highest BCUT2D eigenvalue weighted by molar-refractivity contribution is 7.53. The maximum absolute atomic E-state index is 12.9. The fourth-order valence-electron chi connectivity index (χ4n) is 1.78. The normalized spacial score (nSPS) is 21.6. The zero-order valence-electron chi connectivity index (χ0n) is 9.98. The van der Waals surface area contributed by atoms with Gasteiger partial charge in [0.2, 0.25) is 0 Å². The van der Waals surface area contributed by atoms with E-state index in [1.54, 1.807) is 4.67 Å². The Morgan fingerprint density at radius 2 is 1.82 bits per heavy atom. The Morgan fingerprint density at radius 3 is 2.24 bits per heavy atom. The largest absolute Gasteiger partial charge is 0.379 e. The molecule has 0 aromatic carbocycles. The lowest BCUT2D eigenvalue weighted by Crippen LogP contribution is -2.40. The van der Waals surface area contributed by atoms with Crippen LogP contribution in [0.15, 0.2) is 0 Å². The van der Waals surface area contributed by atoms with Crippen molar-refractivity contribution >= 4 is 30.9 Å². The van der Waals surface area contributed by atoms with Crippen LogP contribution in [0.4, 0.5) is 0 Å². The SMILES string of the molecule is COP(=O)(N(CCCl)CCCl)N1CCOCC1. The van der Waals surface area contributed by atoms with Gasteiger partial charge in [0.15, 0.2) is 0 Å². The molecule has 1 unspecified atom stereocenters. The molecule has 1 aliphatic heterocycles. The zero-order chi connectivity index (χ0) is 12.7. The van der Waals surface area contributed by atoms with Gasteiger partial charge in [-0.2, -0.15) is 0 Å². The molecule has 1 fully saturated rings. The quantitative estimate of drug-likeness (QED) is 0.530. The second-order valence-electron chi connectivity index (χ2n) is 3.57. The van der Waals surface area contributed by atoms with Gasteiger partial charge in [-0.3, -0.25) is 4.57 Å². The molecule has 0 bridgehead atoms. The Labute approximate surface area is 112 Å². The molecule has 5 nitrogen and oxygen atoms in total. The van der Waals surface area contributed by atoms with Gasteiger partial charge >= 0.3 is 7.67 Å². The first-order valence-corrected chi connectivity index (χ1v) is 8.15. The number of rotatable bonds is 7. The third kappa shape index (κ3) is 4.06. The second-order valence-corrected chi connectivity index (χ2v) is 6.80. The van der Waals surface area contributed by atoms with E-state index in [1.807, 2.05) is 4.67 Å². The van der Waals surface area contributed by atoms with Crippen LogP contribution in [0.25, 0.3) is 0 Å². The minimum atomic E-state index is -3.00. The van der Waals surface area contributed by atoms with Crippen molar-refractivity contribution in [2.24, 2.45) is 0 Å². The topological polar surface area (TPSA) is 42.0 Å². The first-order chi connectivity index (χ1) is 8.19. The van der Waals surface area contributed by atoms with Gasteiger partial charge in [0.1, 0.15) is 0 Å². The zero-order valence-corrected chi connectivity index (χ0v) is 12.4. The highest BCUT2D eigenvalue weighted by Gasteiger charge is 2.37. The van der Waals surface area contributed by atoms with E-state index in [2.05, 4.69) is 0 Å². The summed E-state index contributed by atoms with van der Waals surface area (Å²) in [4.78, 5) is 0. The molecule has 0 amide bonds. The third-order valence-electron chi connectivity index (χ3n) is 2.63. The summed E-state index contributed by atoms with van der Waals surface area (Å²) in [5.41, 5.74) is 0. The number of nitrogens with zero attached hydrogens (tertiary/aromatic N) is 2. The average molecular weight is 305 g/mol. The van der Waals surface area contributed by atoms with Gasteiger partial charge in [-0.05, 0) is 0 Å². The molecular weight excluding hydrogens is 286 g/mol. The monoisotopic (exact) mass is 304 g/mol. The summed E-state index contributed by atoms with van der Waals surface area (Å²) >= 11 is 11.5. The van der Waals surface area contributed by atoms with Crippen LogP contribution in [0.3, 0.4) is 0 Å². The van der Waals surface area contributed by atoms with Crippen LogP contribution in [0.5, 0.6) is 0 Å². The van der Waals surface area contributed by atoms with Gasteiger partial charge in [0.05, 0.1) is 13.2 Å². The lowest BCUT2D eigenvalue weighted by Gasteiger charge is -2.38. The van der Waals surface area contributed by atoms with E-state index >= 15 is 0 Å². The summed E-state index contributed by atoms with van der Waals surface area (Å²) < 4.78 is 27.0. The van der Waals surface area contributed by atoms with E-state index in [1.165, 1.54) is 7.11 Å². The molecule has 1 heterocycles. The standard InChI is InChI=1S/C9H19Cl2N2O3P/c1-15-17(14,12(4-2-10)5-3-11)13-6-8-16-9-7-13/h2-9H2,1H3. The number of hydrogen-bond donors (Lipinski definition) is 0. The van der Waals surface area contributed by atoms with Crippen LogP contribution in [0.1, 0.15) is 0 Å². The molecule has 0 saturated carbocycles. The number of ether oxygens (including phenoxy) is 1. The van der Waals surface area contributed by atoms with E-state index in [0.717, 1.165) is 0 Å². The number of alkyl halides is 2. The van der Waals surface area contributed by atoms with Crippen LogP contribution in [0.2, 0.25) is 0 Å². The van der Waals surface area contributed by atoms with Crippen molar-refractivity contribution < 1.29 is 13.8 Å². The van der Waals surface area contributed by atoms with Crippen molar-refractivity contribution in [3.05, 3.63) is 0 Å². The van der Waals surface area contributed by atoms with Crippen LogP contribution in [0, 0.1) is 0 Å². The van der Waals surface area contributed by atoms with Crippen molar-refractivity contribution in [2.75, 3.05) is 58.3 Å². The highest BCUT2D eigenvalue weighted by atomic mass is 35.5. The molecule has 0 N–H and O–H groups in total. The van der Waals surface area contributed by atoms with Crippen molar-refractivity contribution in [2.45, 2.75) is 0 Å². The molecule has 1 saturated heterocycles. The Bertz CT molecular complexity index is 259. The van der Waals surface area contributed by atoms with E-state index < -0.39 is 7.67 Å². The molecule has 8 heteroatoms. The van der Waals surface area contributed by atoms with Crippen molar-refractivity contribution in [3.8, 4) is 0 Å².